The van der Waals surface area contributed by atoms with E-state index in [0.717, 1.165) is 19.3 Å². The third kappa shape index (κ3) is 5.17. The molecule has 0 bridgehead atoms. The Morgan fingerprint density at radius 3 is 2.48 bits per heavy atom. The summed E-state index contributed by atoms with van der Waals surface area (Å²) in [5.41, 5.74) is 0. The number of hydrogen-bond donors (Lipinski definition) is 1. The molecule has 2 aliphatic rings. The predicted molar refractivity (Wildman–Crippen MR) is 85.3 cm³/mol. The molecular weight excluding hydrogens is 320 g/mol. The van der Waals surface area contributed by atoms with Crippen LogP contribution in [0.15, 0.2) is 0 Å². The summed E-state index contributed by atoms with van der Waals surface area (Å²) < 4.78 is 24.7. The molecule has 2 saturated heterocycles. The molecule has 1 amide bonds. The van der Waals surface area contributed by atoms with Crippen LogP contribution in [0.25, 0.3) is 0 Å². The van der Waals surface area contributed by atoms with Crippen LogP contribution in [0.2, 0.25) is 0 Å². The van der Waals surface area contributed by atoms with E-state index in [1.807, 2.05) is 4.90 Å². The zero-order valence-corrected chi connectivity index (χ0v) is 14.4. The summed E-state index contributed by atoms with van der Waals surface area (Å²) in [4.78, 5) is 25.2. The normalized spacial score (nSPS) is 26.9. The number of hydrogen-bond acceptors (Lipinski definition) is 4. The Bertz CT molecular complexity index is 548. The molecule has 0 spiro atoms. The van der Waals surface area contributed by atoms with Gasteiger partial charge in [0.15, 0.2) is 0 Å². The topological polar surface area (TPSA) is 95.0 Å². The number of carbonyl (C=O) groups excluding carboxylic acids is 1. The van der Waals surface area contributed by atoms with Gasteiger partial charge in [0, 0.05) is 32.6 Å². The van der Waals surface area contributed by atoms with Gasteiger partial charge >= 0.3 is 5.97 Å². The number of likely N-dealkylation sites (tertiary alicyclic amines) is 1. The summed E-state index contributed by atoms with van der Waals surface area (Å²) in [6.07, 6.45) is 5.19. The summed E-state index contributed by atoms with van der Waals surface area (Å²) in [5.74, 6) is -0.807. The van der Waals surface area contributed by atoms with Crippen molar-refractivity contribution in [2.45, 2.75) is 38.5 Å². The molecule has 0 aromatic heterocycles. The molecule has 0 aromatic carbocycles. The summed E-state index contributed by atoms with van der Waals surface area (Å²) in [7, 11) is -3.25. The summed E-state index contributed by atoms with van der Waals surface area (Å²) in [6.45, 7) is 2.05. The second kappa shape index (κ2) is 7.61. The molecule has 2 rings (SSSR count). The van der Waals surface area contributed by atoms with Gasteiger partial charge in [0.05, 0.1) is 12.2 Å². The Hall–Kier alpha value is -1.15. The van der Waals surface area contributed by atoms with Crippen LogP contribution in [0.5, 0.6) is 0 Å². The quantitative estimate of drug-likeness (QED) is 0.793. The first kappa shape index (κ1) is 18.2. The van der Waals surface area contributed by atoms with E-state index in [1.165, 1.54) is 10.6 Å². The number of carboxylic acid groups (broad SMARTS) is 1. The van der Waals surface area contributed by atoms with Gasteiger partial charge in [0.1, 0.15) is 0 Å². The minimum absolute atomic E-state index is 0.0263. The number of carboxylic acids is 1. The van der Waals surface area contributed by atoms with E-state index in [1.54, 1.807) is 0 Å². The number of carbonyl (C=O) groups is 2. The summed E-state index contributed by atoms with van der Waals surface area (Å²) in [5, 5.41) is 8.79. The molecule has 132 valence electrons. The molecule has 0 radical (unpaired) electrons. The lowest BCUT2D eigenvalue weighted by Crippen LogP contribution is -2.49. The maximum absolute atomic E-state index is 12.7. The van der Waals surface area contributed by atoms with Gasteiger partial charge in [0.25, 0.3) is 0 Å². The van der Waals surface area contributed by atoms with E-state index in [2.05, 4.69) is 0 Å². The lowest BCUT2D eigenvalue weighted by Gasteiger charge is -2.37. The molecule has 2 atom stereocenters. The molecule has 2 aliphatic heterocycles. The van der Waals surface area contributed by atoms with Gasteiger partial charge < -0.3 is 10.0 Å². The highest BCUT2D eigenvalue weighted by atomic mass is 32.2. The molecule has 8 heteroatoms. The first-order valence-electron chi connectivity index (χ1n) is 8.23. The lowest BCUT2D eigenvalue weighted by atomic mass is 9.91. The Balaban J connectivity index is 1.92. The number of piperidine rings is 2. The largest absolute Gasteiger partial charge is 0.481 e. The monoisotopic (exact) mass is 346 g/mol. The van der Waals surface area contributed by atoms with Crippen molar-refractivity contribution in [2.75, 3.05) is 32.4 Å². The number of nitrogens with zero attached hydrogens (tertiary/aromatic N) is 2. The van der Waals surface area contributed by atoms with E-state index in [4.69, 9.17) is 5.11 Å². The third-order valence-corrected chi connectivity index (χ3v) is 6.07. The van der Waals surface area contributed by atoms with E-state index < -0.39 is 16.0 Å². The Morgan fingerprint density at radius 1 is 1.13 bits per heavy atom. The number of amides is 1. The van der Waals surface area contributed by atoms with E-state index in [0.29, 0.717) is 32.5 Å². The number of rotatable bonds is 5. The van der Waals surface area contributed by atoms with Crippen molar-refractivity contribution in [1.82, 2.24) is 9.21 Å². The average Bonchev–Trinajstić information content (AvgIpc) is 2.52. The second-order valence-electron chi connectivity index (χ2n) is 6.69. The lowest BCUT2D eigenvalue weighted by molar-refractivity contribution is -0.138. The van der Waals surface area contributed by atoms with Crippen molar-refractivity contribution in [3.8, 4) is 0 Å². The van der Waals surface area contributed by atoms with Crippen LogP contribution in [0.1, 0.15) is 38.5 Å². The minimum Gasteiger partial charge on any atom is -0.481 e. The van der Waals surface area contributed by atoms with Crippen molar-refractivity contribution in [3.05, 3.63) is 0 Å². The fourth-order valence-electron chi connectivity index (χ4n) is 3.53. The van der Waals surface area contributed by atoms with Gasteiger partial charge in [-0.3, -0.25) is 9.59 Å². The molecule has 2 fully saturated rings. The Labute approximate surface area is 137 Å². The zero-order valence-electron chi connectivity index (χ0n) is 13.6. The number of aliphatic carboxylic acids is 1. The first-order valence-corrected chi connectivity index (χ1v) is 10.1. The molecule has 23 heavy (non-hydrogen) atoms. The Kier molecular flexibility index (Phi) is 6.02. The van der Waals surface area contributed by atoms with Crippen LogP contribution in [-0.4, -0.2) is 67.0 Å². The molecule has 0 saturated carbocycles. The summed E-state index contributed by atoms with van der Waals surface area (Å²) in [6, 6.07) is 0. The van der Waals surface area contributed by atoms with Crippen molar-refractivity contribution in [2.24, 2.45) is 11.8 Å². The molecule has 1 N–H and O–H groups in total. The maximum Gasteiger partial charge on any atom is 0.303 e. The maximum atomic E-state index is 12.7. The highest BCUT2D eigenvalue weighted by Gasteiger charge is 2.34. The summed E-state index contributed by atoms with van der Waals surface area (Å²) >= 11 is 0. The van der Waals surface area contributed by atoms with Gasteiger partial charge in [-0.1, -0.05) is 0 Å². The van der Waals surface area contributed by atoms with Crippen molar-refractivity contribution in [1.29, 1.82) is 0 Å². The molecule has 2 unspecified atom stereocenters. The van der Waals surface area contributed by atoms with Crippen LogP contribution in [0, 0.1) is 11.8 Å². The third-order valence-electron chi connectivity index (χ3n) is 4.80. The van der Waals surface area contributed by atoms with E-state index in [-0.39, 0.29) is 30.7 Å². The number of sulfonamides is 1. The highest BCUT2D eigenvalue weighted by molar-refractivity contribution is 7.88. The first-order chi connectivity index (χ1) is 10.8. The van der Waals surface area contributed by atoms with Gasteiger partial charge in [0.2, 0.25) is 15.9 Å². The molecule has 7 nitrogen and oxygen atoms in total. The van der Waals surface area contributed by atoms with Crippen LogP contribution in [-0.2, 0) is 19.6 Å². The van der Waals surface area contributed by atoms with Crippen molar-refractivity contribution in [3.63, 3.8) is 0 Å². The SMILES string of the molecule is CS(=O)(=O)N1CCCC(C(=O)N2CCCC(CCC(=O)O)C2)C1. The van der Waals surface area contributed by atoms with E-state index in [9.17, 15) is 18.0 Å². The van der Waals surface area contributed by atoms with Crippen molar-refractivity contribution >= 4 is 21.9 Å². The second-order valence-corrected chi connectivity index (χ2v) is 8.67. The van der Waals surface area contributed by atoms with Crippen LogP contribution >= 0.6 is 0 Å². The van der Waals surface area contributed by atoms with Crippen LogP contribution < -0.4 is 0 Å². The fourth-order valence-corrected chi connectivity index (χ4v) is 4.44. The Morgan fingerprint density at radius 2 is 1.83 bits per heavy atom. The van der Waals surface area contributed by atoms with Gasteiger partial charge in [-0.2, -0.15) is 0 Å². The zero-order chi connectivity index (χ0) is 17.0. The van der Waals surface area contributed by atoms with Crippen LogP contribution in [0.3, 0.4) is 0 Å². The van der Waals surface area contributed by atoms with E-state index >= 15 is 0 Å². The standard InChI is InChI=1S/C15H26N2O5S/c1-23(21,22)17-9-3-5-13(11-17)15(20)16-8-2-4-12(10-16)6-7-14(18)19/h12-13H,2-11H2,1H3,(H,18,19). The highest BCUT2D eigenvalue weighted by Crippen LogP contribution is 2.26. The predicted octanol–water partition coefficient (Wildman–Crippen LogP) is 0.761. The molecular formula is C15H26N2O5S. The fraction of sp³-hybridized carbons (Fsp3) is 0.867. The molecule has 0 aromatic rings. The van der Waals surface area contributed by atoms with Gasteiger partial charge in [-0.15, -0.1) is 0 Å². The van der Waals surface area contributed by atoms with Crippen LogP contribution in [0.4, 0.5) is 0 Å². The van der Waals surface area contributed by atoms with Gasteiger partial charge in [-0.05, 0) is 38.0 Å². The average molecular weight is 346 g/mol. The molecule has 2 heterocycles. The minimum atomic E-state index is -3.25. The smallest absolute Gasteiger partial charge is 0.303 e. The molecule has 0 aliphatic carbocycles. The van der Waals surface area contributed by atoms with Crippen molar-refractivity contribution < 1.29 is 23.1 Å². The van der Waals surface area contributed by atoms with Gasteiger partial charge in [-0.25, -0.2) is 12.7 Å².